The zero-order valence-corrected chi connectivity index (χ0v) is 13.0. The Kier molecular flexibility index (Phi) is 4.55. The van der Waals surface area contributed by atoms with E-state index < -0.39 is 10.0 Å². The number of sulfonamides is 1. The van der Waals surface area contributed by atoms with Crippen LogP contribution in [0, 0.1) is 11.8 Å². The summed E-state index contributed by atoms with van der Waals surface area (Å²) in [4.78, 5) is 0. The SMILES string of the molecule is C[C@@H]1CNC[C@H]1COc1ccc(N(C)S(C)(=O)=O)cc1. The van der Waals surface area contributed by atoms with Crippen molar-refractivity contribution in [1.82, 2.24) is 5.32 Å². The van der Waals surface area contributed by atoms with E-state index in [0.29, 0.717) is 24.1 Å². The van der Waals surface area contributed by atoms with Crippen molar-refractivity contribution < 1.29 is 13.2 Å². The Morgan fingerprint density at radius 2 is 1.95 bits per heavy atom. The number of rotatable bonds is 5. The van der Waals surface area contributed by atoms with Crippen molar-refractivity contribution in [3.8, 4) is 5.75 Å². The minimum atomic E-state index is -3.22. The normalized spacial score (nSPS) is 22.8. The average molecular weight is 298 g/mol. The zero-order valence-electron chi connectivity index (χ0n) is 12.2. The van der Waals surface area contributed by atoms with Crippen LogP contribution in [0.2, 0.25) is 0 Å². The van der Waals surface area contributed by atoms with E-state index in [1.165, 1.54) is 17.6 Å². The molecule has 0 bridgehead atoms. The lowest BCUT2D eigenvalue weighted by Gasteiger charge is -2.18. The molecule has 0 saturated carbocycles. The molecule has 1 aromatic carbocycles. The van der Waals surface area contributed by atoms with Crippen molar-refractivity contribution in [2.75, 3.05) is 37.3 Å². The van der Waals surface area contributed by atoms with Crippen LogP contribution in [0.3, 0.4) is 0 Å². The number of nitrogens with zero attached hydrogens (tertiary/aromatic N) is 1. The van der Waals surface area contributed by atoms with Crippen LogP contribution < -0.4 is 14.4 Å². The average Bonchev–Trinajstić information content (AvgIpc) is 2.81. The molecule has 0 unspecified atom stereocenters. The summed E-state index contributed by atoms with van der Waals surface area (Å²) >= 11 is 0. The van der Waals surface area contributed by atoms with Crippen LogP contribution in [0.4, 0.5) is 5.69 Å². The summed E-state index contributed by atoms with van der Waals surface area (Å²) in [5.74, 6) is 1.94. The Hall–Kier alpha value is -1.27. The molecule has 0 amide bonds. The molecule has 2 atom stereocenters. The Morgan fingerprint density at radius 3 is 2.45 bits per heavy atom. The molecule has 1 N–H and O–H groups in total. The fraction of sp³-hybridized carbons (Fsp3) is 0.571. The summed E-state index contributed by atoms with van der Waals surface area (Å²) < 4.78 is 29.9. The summed E-state index contributed by atoms with van der Waals surface area (Å²) in [6.07, 6.45) is 1.19. The molecule has 0 radical (unpaired) electrons. The summed E-state index contributed by atoms with van der Waals surface area (Å²) in [7, 11) is -1.68. The molecule has 1 aliphatic rings. The van der Waals surface area contributed by atoms with Crippen LogP contribution in [0.1, 0.15) is 6.92 Å². The third kappa shape index (κ3) is 3.64. The number of hydrogen-bond acceptors (Lipinski definition) is 4. The quantitative estimate of drug-likeness (QED) is 0.890. The topological polar surface area (TPSA) is 58.6 Å². The van der Waals surface area contributed by atoms with Crippen molar-refractivity contribution in [2.24, 2.45) is 11.8 Å². The molecule has 6 heteroatoms. The second kappa shape index (κ2) is 6.01. The van der Waals surface area contributed by atoms with Gasteiger partial charge in [0, 0.05) is 19.5 Å². The summed E-state index contributed by atoms with van der Waals surface area (Å²) in [5.41, 5.74) is 0.635. The van der Waals surface area contributed by atoms with Gasteiger partial charge in [-0.1, -0.05) is 6.92 Å². The van der Waals surface area contributed by atoms with Crippen molar-refractivity contribution in [3.05, 3.63) is 24.3 Å². The number of hydrogen-bond donors (Lipinski definition) is 1. The second-order valence-corrected chi connectivity index (χ2v) is 7.44. The van der Waals surface area contributed by atoms with Crippen molar-refractivity contribution >= 4 is 15.7 Å². The van der Waals surface area contributed by atoms with Gasteiger partial charge in [-0.25, -0.2) is 8.42 Å². The molecule has 1 fully saturated rings. The third-order valence-corrected chi connectivity index (χ3v) is 5.05. The van der Waals surface area contributed by atoms with Gasteiger partial charge < -0.3 is 10.1 Å². The molecule has 1 aromatic rings. The molecule has 1 saturated heterocycles. The van der Waals surface area contributed by atoms with E-state index in [0.717, 1.165) is 18.8 Å². The lowest BCUT2D eigenvalue weighted by atomic mass is 9.99. The molecule has 1 aliphatic heterocycles. The van der Waals surface area contributed by atoms with E-state index in [9.17, 15) is 8.42 Å². The van der Waals surface area contributed by atoms with Crippen molar-refractivity contribution in [1.29, 1.82) is 0 Å². The first-order valence-corrected chi connectivity index (χ1v) is 8.60. The third-order valence-electron chi connectivity index (χ3n) is 3.84. The lowest BCUT2D eigenvalue weighted by molar-refractivity contribution is 0.233. The predicted octanol–water partition coefficient (Wildman–Crippen LogP) is 1.32. The standard InChI is InChI=1S/C14H22N2O3S/c1-11-8-15-9-12(11)10-19-14-6-4-13(5-7-14)16(2)20(3,17)18/h4-7,11-12,15H,8-10H2,1-3H3/t11-,12+/m1/s1. The van der Waals surface area contributed by atoms with Gasteiger partial charge in [-0.05, 0) is 36.7 Å². The highest BCUT2D eigenvalue weighted by molar-refractivity contribution is 7.92. The molecule has 5 nitrogen and oxygen atoms in total. The monoisotopic (exact) mass is 298 g/mol. The van der Waals surface area contributed by atoms with Gasteiger partial charge in [0.1, 0.15) is 5.75 Å². The van der Waals surface area contributed by atoms with Crippen LogP contribution in [0.5, 0.6) is 5.75 Å². The predicted molar refractivity (Wildman–Crippen MR) is 80.7 cm³/mol. The Balaban J connectivity index is 1.95. The minimum absolute atomic E-state index is 0.536. The molecule has 20 heavy (non-hydrogen) atoms. The molecular formula is C14H22N2O3S. The lowest BCUT2D eigenvalue weighted by Crippen LogP contribution is -2.24. The van der Waals surface area contributed by atoms with Crippen LogP contribution in [0.15, 0.2) is 24.3 Å². The zero-order chi connectivity index (χ0) is 14.8. The van der Waals surface area contributed by atoms with Gasteiger partial charge in [0.2, 0.25) is 10.0 Å². The molecular weight excluding hydrogens is 276 g/mol. The smallest absolute Gasteiger partial charge is 0.231 e. The van der Waals surface area contributed by atoms with E-state index in [1.807, 2.05) is 12.1 Å². The van der Waals surface area contributed by atoms with Gasteiger partial charge in [0.05, 0.1) is 18.6 Å². The maximum absolute atomic E-state index is 11.4. The van der Waals surface area contributed by atoms with Gasteiger partial charge >= 0.3 is 0 Å². The van der Waals surface area contributed by atoms with Crippen LogP contribution in [0.25, 0.3) is 0 Å². The number of ether oxygens (including phenoxy) is 1. The highest BCUT2D eigenvalue weighted by atomic mass is 32.2. The fourth-order valence-electron chi connectivity index (χ4n) is 2.23. The Bertz CT molecular complexity index is 542. The van der Waals surface area contributed by atoms with Gasteiger partial charge in [0.15, 0.2) is 0 Å². The first-order chi connectivity index (χ1) is 9.38. The molecule has 112 valence electrons. The van der Waals surface area contributed by atoms with E-state index >= 15 is 0 Å². The number of nitrogens with one attached hydrogen (secondary N) is 1. The van der Waals surface area contributed by atoms with Crippen molar-refractivity contribution in [3.63, 3.8) is 0 Å². The number of benzene rings is 1. The first-order valence-electron chi connectivity index (χ1n) is 6.75. The Morgan fingerprint density at radius 1 is 1.30 bits per heavy atom. The molecule has 0 aromatic heterocycles. The summed E-state index contributed by atoms with van der Waals surface area (Å²) in [6, 6.07) is 7.13. The highest BCUT2D eigenvalue weighted by Crippen LogP contribution is 2.22. The van der Waals surface area contributed by atoms with E-state index in [2.05, 4.69) is 12.2 Å². The molecule has 2 rings (SSSR count). The van der Waals surface area contributed by atoms with E-state index in [-0.39, 0.29) is 0 Å². The van der Waals surface area contributed by atoms with Crippen molar-refractivity contribution in [2.45, 2.75) is 6.92 Å². The minimum Gasteiger partial charge on any atom is -0.493 e. The second-order valence-electron chi connectivity index (χ2n) is 5.43. The van der Waals surface area contributed by atoms with E-state index in [1.54, 1.807) is 12.1 Å². The molecule has 0 aliphatic carbocycles. The number of anilines is 1. The maximum atomic E-state index is 11.4. The fourth-order valence-corrected chi connectivity index (χ4v) is 2.74. The van der Waals surface area contributed by atoms with Gasteiger partial charge in [-0.2, -0.15) is 0 Å². The summed E-state index contributed by atoms with van der Waals surface area (Å²) in [5, 5.41) is 3.35. The first kappa shape index (κ1) is 15.1. The van der Waals surface area contributed by atoms with Gasteiger partial charge in [-0.15, -0.1) is 0 Å². The van der Waals surface area contributed by atoms with Crippen LogP contribution in [-0.2, 0) is 10.0 Å². The maximum Gasteiger partial charge on any atom is 0.231 e. The van der Waals surface area contributed by atoms with Gasteiger partial charge in [-0.3, -0.25) is 4.31 Å². The van der Waals surface area contributed by atoms with E-state index in [4.69, 9.17) is 4.74 Å². The molecule has 1 heterocycles. The van der Waals surface area contributed by atoms with Crippen LogP contribution >= 0.6 is 0 Å². The Labute approximate surface area is 121 Å². The largest absolute Gasteiger partial charge is 0.493 e. The molecule has 0 spiro atoms. The summed E-state index contributed by atoms with van der Waals surface area (Å²) in [6.45, 7) is 4.95. The van der Waals surface area contributed by atoms with Gasteiger partial charge in [0.25, 0.3) is 0 Å². The van der Waals surface area contributed by atoms with Crippen LogP contribution in [-0.4, -0.2) is 41.4 Å². The highest BCUT2D eigenvalue weighted by Gasteiger charge is 2.23.